The van der Waals surface area contributed by atoms with E-state index in [-0.39, 0.29) is 5.78 Å². The van der Waals surface area contributed by atoms with Crippen LogP contribution in [0, 0.1) is 5.82 Å². The zero-order chi connectivity index (χ0) is 14.3. The fourth-order valence-corrected chi connectivity index (χ4v) is 3.76. The van der Waals surface area contributed by atoms with Crippen LogP contribution in [0.1, 0.15) is 30.9 Å². The minimum Gasteiger partial charge on any atom is -0.294 e. The van der Waals surface area contributed by atoms with E-state index in [4.69, 9.17) is 0 Å². The topological polar surface area (TPSA) is 75.3 Å². The van der Waals surface area contributed by atoms with Gasteiger partial charge in [-0.05, 0) is 30.5 Å². The summed E-state index contributed by atoms with van der Waals surface area (Å²) in [5, 5.41) is 0. The molecule has 0 aromatic heterocycles. The summed E-state index contributed by atoms with van der Waals surface area (Å²) in [5.41, 5.74) is 1.45. The Labute approximate surface area is 116 Å². The minimum atomic E-state index is -3.69. The van der Waals surface area contributed by atoms with E-state index in [1.807, 2.05) is 0 Å². The van der Waals surface area contributed by atoms with Crippen molar-refractivity contribution in [2.24, 2.45) is 0 Å². The van der Waals surface area contributed by atoms with Crippen LogP contribution in [-0.2, 0) is 15.0 Å². The molecule has 2 N–H and O–H groups in total. The average molecular weight is 296 g/mol. The lowest BCUT2D eigenvalue weighted by molar-refractivity contribution is -0.116. The van der Waals surface area contributed by atoms with Gasteiger partial charge in [-0.15, -0.1) is 0 Å². The van der Waals surface area contributed by atoms with Crippen molar-refractivity contribution in [1.82, 2.24) is 9.44 Å². The second-order valence-corrected chi connectivity index (χ2v) is 6.32. The number of carbonyl (C=O) groups is 1. The van der Waals surface area contributed by atoms with Crippen LogP contribution in [0.3, 0.4) is 0 Å². The third-order valence-electron chi connectivity index (χ3n) is 3.48. The lowest BCUT2D eigenvalue weighted by atomic mass is 9.87. The molecule has 7 heteroatoms. The molecule has 3 rings (SSSR count). The van der Waals surface area contributed by atoms with Crippen LogP contribution in [0.2, 0.25) is 0 Å². The van der Waals surface area contributed by atoms with Gasteiger partial charge in [-0.25, -0.2) is 4.39 Å². The van der Waals surface area contributed by atoms with Gasteiger partial charge in [0.05, 0.1) is 6.04 Å². The molecule has 0 fully saturated rings. The zero-order valence-electron chi connectivity index (χ0n) is 10.5. The Morgan fingerprint density at radius 1 is 1.15 bits per heavy atom. The fraction of sp³-hybridized carbons (Fsp3) is 0.308. The smallest absolute Gasteiger partial charge is 0.294 e. The summed E-state index contributed by atoms with van der Waals surface area (Å²) in [6, 6.07) is 4.73. The third kappa shape index (κ3) is 2.34. The molecular formula is C13H13FN2O3S. The van der Waals surface area contributed by atoms with E-state index in [9.17, 15) is 17.6 Å². The van der Waals surface area contributed by atoms with E-state index in [1.54, 1.807) is 0 Å². The highest BCUT2D eigenvalue weighted by molar-refractivity contribution is 7.87. The molecule has 0 saturated heterocycles. The van der Waals surface area contributed by atoms with Crippen molar-refractivity contribution in [3.8, 4) is 0 Å². The highest BCUT2D eigenvalue weighted by Crippen LogP contribution is 2.34. The van der Waals surface area contributed by atoms with Gasteiger partial charge >= 0.3 is 0 Å². The lowest BCUT2D eigenvalue weighted by Crippen LogP contribution is -2.47. The Morgan fingerprint density at radius 2 is 1.85 bits per heavy atom. The number of rotatable bonds is 1. The standard InChI is InChI=1S/C13H13FN2O3S/c14-9-6-4-8(5-7-9)13-12-10(2-1-3-11(12)17)15-20(18,19)16-13/h4-7,13,15-16H,1-3H2. The van der Waals surface area contributed by atoms with Gasteiger partial charge in [-0.2, -0.15) is 13.1 Å². The maximum Gasteiger partial charge on any atom is 0.299 e. The first-order valence-corrected chi connectivity index (χ1v) is 7.76. The van der Waals surface area contributed by atoms with Crippen molar-refractivity contribution in [2.75, 3.05) is 0 Å². The van der Waals surface area contributed by atoms with Gasteiger partial charge in [0.25, 0.3) is 10.2 Å². The SMILES string of the molecule is O=C1CCCC2=C1C(c1ccc(F)cc1)NS(=O)(=O)N2. The Kier molecular flexibility index (Phi) is 3.10. The first-order chi connectivity index (χ1) is 9.46. The second-order valence-electron chi connectivity index (χ2n) is 4.88. The predicted octanol–water partition coefficient (Wildman–Crippen LogP) is 1.31. The van der Waals surface area contributed by atoms with Crippen LogP contribution >= 0.6 is 0 Å². The van der Waals surface area contributed by atoms with Gasteiger partial charge in [0.15, 0.2) is 5.78 Å². The highest BCUT2D eigenvalue weighted by Gasteiger charge is 2.36. The predicted molar refractivity (Wildman–Crippen MR) is 70.2 cm³/mol. The summed E-state index contributed by atoms with van der Waals surface area (Å²) in [5.74, 6) is -0.481. The fourth-order valence-electron chi connectivity index (χ4n) is 2.60. The Bertz CT molecular complexity index is 695. The first kappa shape index (κ1) is 13.3. The molecule has 1 aromatic carbocycles. The summed E-state index contributed by atoms with van der Waals surface area (Å²) in [7, 11) is -3.69. The van der Waals surface area contributed by atoms with Crippen LogP contribution in [0.15, 0.2) is 35.5 Å². The lowest BCUT2D eigenvalue weighted by Gasteiger charge is -2.32. The van der Waals surface area contributed by atoms with Crippen LogP contribution in [0.25, 0.3) is 0 Å². The maximum atomic E-state index is 13.0. The molecule has 106 valence electrons. The highest BCUT2D eigenvalue weighted by atomic mass is 32.2. The van der Waals surface area contributed by atoms with Crippen LogP contribution < -0.4 is 9.44 Å². The number of benzene rings is 1. The number of allylic oxidation sites excluding steroid dienone is 1. The van der Waals surface area contributed by atoms with Crippen molar-refractivity contribution in [3.05, 3.63) is 46.9 Å². The molecule has 1 unspecified atom stereocenters. The molecule has 1 heterocycles. The van der Waals surface area contributed by atoms with Crippen LogP contribution in [-0.4, -0.2) is 14.2 Å². The van der Waals surface area contributed by atoms with Crippen LogP contribution in [0.5, 0.6) is 0 Å². The van der Waals surface area contributed by atoms with E-state index in [0.717, 1.165) is 0 Å². The summed E-state index contributed by atoms with van der Waals surface area (Å²) < 4.78 is 41.4. The first-order valence-electron chi connectivity index (χ1n) is 6.28. The molecule has 20 heavy (non-hydrogen) atoms. The third-order valence-corrected chi connectivity index (χ3v) is 4.54. The average Bonchev–Trinajstić information content (AvgIpc) is 2.37. The summed E-state index contributed by atoms with van der Waals surface area (Å²) >= 11 is 0. The van der Waals surface area contributed by atoms with Crippen molar-refractivity contribution in [2.45, 2.75) is 25.3 Å². The van der Waals surface area contributed by atoms with Gasteiger partial charge in [-0.3, -0.25) is 9.52 Å². The quantitative estimate of drug-likeness (QED) is 0.820. The van der Waals surface area contributed by atoms with Gasteiger partial charge < -0.3 is 0 Å². The molecule has 5 nitrogen and oxygen atoms in total. The summed E-state index contributed by atoms with van der Waals surface area (Å²) in [6.07, 6.45) is 1.57. The Morgan fingerprint density at radius 3 is 2.55 bits per heavy atom. The minimum absolute atomic E-state index is 0.0736. The van der Waals surface area contributed by atoms with Crippen molar-refractivity contribution < 1.29 is 17.6 Å². The van der Waals surface area contributed by atoms with Crippen molar-refractivity contribution >= 4 is 16.0 Å². The Balaban J connectivity index is 2.11. The second kappa shape index (κ2) is 4.68. The molecule has 1 atom stereocenters. The molecule has 1 aliphatic carbocycles. The molecule has 2 aliphatic rings. The largest absolute Gasteiger partial charge is 0.299 e. The van der Waals surface area contributed by atoms with Gasteiger partial charge in [0, 0.05) is 17.7 Å². The molecule has 0 saturated carbocycles. The number of Topliss-reactive ketones (excluding diaryl/α,β-unsaturated/α-hetero) is 1. The molecule has 0 amide bonds. The van der Waals surface area contributed by atoms with E-state index < -0.39 is 22.1 Å². The monoisotopic (exact) mass is 296 g/mol. The zero-order valence-corrected chi connectivity index (χ0v) is 11.3. The van der Waals surface area contributed by atoms with Crippen molar-refractivity contribution in [3.63, 3.8) is 0 Å². The Hall–Kier alpha value is -1.73. The van der Waals surface area contributed by atoms with Gasteiger partial charge in [-0.1, -0.05) is 12.1 Å². The van der Waals surface area contributed by atoms with Crippen LogP contribution in [0.4, 0.5) is 4.39 Å². The molecule has 1 aliphatic heterocycles. The maximum absolute atomic E-state index is 13.0. The van der Waals surface area contributed by atoms with E-state index in [1.165, 1.54) is 24.3 Å². The number of hydrogen-bond acceptors (Lipinski definition) is 3. The van der Waals surface area contributed by atoms with Gasteiger partial charge in [0.1, 0.15) is 5.82 Å². The molecule has 0 bridgehead atoms. The number of nitrogens with one attached hydrogen (secondary N) is 2. The number of halogens is 1. The van der Waals surface area contributed by atoms with E-state index in [2.05, 4.69) is 9.44 Å². The summed E-state index contributed by atoms with van der Waals surface area (Å²) in [4.78, 5) is 12.1. The molecule has 0 radical (unpaired) electrons. The van der Waals surface area contributed by atoms with Crippen molar-refractivity contribution in [1.29, 1.82) is 0 Å². The van der Waals surface area contributed by atoms with Gasteiger partial charge in [0.2, 0.25) is 0 Å². The number of hydrogen-bond donors (Lipinski definition) is 2. The van der Waals surface area contributed by atoms with E-state index in [0.29, 0.717) is 36.1 Å². The summed E-state index contributed by atoms with van der Waals surface area (Å²) in [6.45, 7) is 0. The molecule has 0 spiro atoms. The number of ketones is 1. The normalized spacial score (nSPS) is 25.1. The molecule has 1 aromatic rings. The number of carbonyl (C=O) groups excluding carboxylic acids is 1. The van der Waals surface area contributed by atoms with E-state index >= 15 is 0 Å². The molecular weight excluding hydrogens is 283 g/mol.